The van der Waals surface area contributed by atoms with Crippen LogP contribution in [0.2, 0.25) is 0 Å². The minimum absolute atomic E-state index is 0. The van der Waals surface area contributed by atoms with Crippen LogP contribution in [0.15, 0.2) is 11.3 Å². The molecule has 1 fully saturated rings. The van der Waals surface area contributed by atoms with Gasteiger partial charge in [0.2, 0.25) is 0 Å². The molecule has 1 heterocycles. The van der Waals surface area contributed by atoms with Crippen molar-refractivity contribution in [2.45, 2.75) is 44.6 Å². The molecule has 1 rings (SSSR count). The highest BCUT2D eigenvalue weighted by molar-refractivity contribution is 5.11. The predicted octanol–water partition coefficient (Wildman–Crippen LogP) is -2.19. The maximum Gasteiger partial charge on any atom is 0.184 e. The third-order valence-corrected chi connectivity index (χ3v) is 2.37. The van der Waals surface area contributed by atoms with E-state index in [0.29, 0.717) is 5.57 Å². The summed E-state index contributed by atoms with van der Waals surface area (Å²) in [6.07, 6.45) is -7.46. The van der Waals surface area contributed by atoms with Crippen molar-refractivity contribution in [2.24, 2.45) is 0 Å². The summed E-state index contributed by atoms with van der Waals surface area (Å²) in [6.45, 7) is 3.18. The van der Waals surface area contributed by atoms with Crippen molar-refractivity contribution in [3.05, 3.63) is 11.3 Å². The van der Waals surface area contributed by atoms with Gasteiger partial charge in [0.15, 0.2) is 6.29 Å². The van der Waals surface area contributed by atoms with E-state index >= 15 is 0 Å². The molecular formula is C9H18O7. The summed E-state index contributed by atoms with van der Waals surface area (Å²) in [6, 6.07) is 0. The molecule has 0 radical (unpaired) electrons. The Balaban J connectivity index is 0.00000225. The molecule has 1 saturated heterocycles. The Kier molecular flexibility index (Phi) is 5.33. The van der Waals surface area contributed by atoms with Gasteiger partial charge in [-0.3, -0.25) is 0 Å². The topological polar surface area (TPSA) is 142 Å². The van der Waals surface area contributed by atoms with E-state index in [-0.39, 0.29) is 11.2 Å². The van der Waals surface area contributed by atoms with Crippen molar-refractivity contribution in [1.82, 2.24) is 0 Å². The number of allylic oxidation sites excluding steroid dienone is 1. The number of hydrogen-bond acceptors (Lipinski definition) is 6. The zero-order chi connectivity index (χ0) is 11.7. The molecule has 0 spiro atoms. The summed E-state index contributed by atoms with van der Waals surface area (Å²) < 4.78 is 4.79. The first-order chi connectivity index (χ1) is 6.86. The lowest BCUT2D eigenvalue weighted by atomic mass is 9.96. The Morgan fingerprint density at radius 1 is 0.938 bits per heavy atom. The lowest BCUT2D eigenvalue weighted by molar-refractivity contribution is -0.278. The smallest absolute Gasteiger partial charge is 0.184 e. The van der Waals surface area contributed by atoms with Gasteiger partial charge < -0.3 is 35.7 Å². The number of aliphatic hydroxyl groups is 5. The van der Waals surface area contributed by atoms with Crippen LogP contribution in [0.25, 0.3) is 0 Å². The van der Waals surface area contributed by atoms with E-state index in [0.717, 1.165) is 0 Å². The molecule has 1 aliphatic rings. The number of ether oxygens (including phenoxy) is 1. The van der Waals surface area contributed by atoms with Gasteiger partial charge in [0.25, 0.3) is 0 Å². The van der Waals surface area contributed by atoms with E-state index in [1.807, 2.05) is 0 Å². The van der Waals surface area contributed by atoms with E-state index in [9.17, 15) is 25.5 Å². The van der Waals surface area contributed by atoms with Gasteiger partial charge in [-0.05, 0) is 19.4 Å². The second kappa shape index (κ2) is 5.58. The van der Waals surface area contributed by atoms with Crippen molar-refractivity contribution in [2.75, 3.05) is 0 Å². The van der Waals surface area contributed by atoms with Gasteiger partial charge in [0, 0.05) is 0 Å². The SMILES string of the molecule is CC(C)=C(O)[C@H]1O[C@H](O)[C@H](O)[C@@H](O)[C@@H]1O.O. The van der Waals surface area contributed by atoms with Crippen LogP contribution in [0.1, 0.15) is 13.8 Å². The van der Waals surface area contributed by atoms with Gasteiger partial charge in [-0.25, -0.2) is 0 Å². The maximum absolute atomic E-state index is 9.53. The lowest BCUT2D eigenvalue weighted by Crippen LogP contribution is -2.58. The van der Waals surface area contributed by atoms with Crippen LogP contribution in [-0.4, -0.2) is 61.7 Å². The Labute approximate surface area is 92.5 Å². The molecule has 0 saturated carbocycles. The molecule has 16 heavy (non-hydrogen) atoms. The van der Waals surface area contributed by atoms with Crippen molar-refractivity contribution in [3.8, 4) is 0 Å². The first-order valence-electron chi connectivity index (χ1n) is 4.60. The van der Waals surface area contributed by atoms with Crippen molar-refractivity contribution in [3.63, 3.8) is 0 Å². The van der Waals surface area contributed by atoms with Gasteiger partial charge >= 0.3 is 0 Å². The fourth-order valence-electron chi connectivity index (χ4n) is 1.37. The minimum atomic E-state index is -1.63. The molecule has 0 aromatic carbocycles. The van der Waals surface area contributed by atoms with Gasteiger partial charge in [-0.15, -0.1) is 0 Å². The Morgan fingerprint density at radius 2 is 1.44 bits per heavy atom. The average molecular weight is 238 g/mol. The van der Waals surface area contributed by atoms with E-state index in [4.69, 9.17) is 4.74 Å². The van der Waals surface area contributed by atoms with Crippen LogP contribution >= 0.6 is 0 Å². The number of aliphatic hydroxyl groups excluding tert-OH is 5. The summed E-state index contributed by atoms with van der Waals surface area (Å²) >= 11 is 0. The monoisotopic (exact) mass is 238 g/mol. The van der Waals surface area contributed by atoms with Gasteiger partial charge in [0.1, 0.15) is 30.2 Å². The Bertz CT molecular complexity index is 261. The fraction of sp³-hybridized carbons (Fsp3) is 0.778. The largest absolute Gasteiger partial charge is 0.510 e. The average Bonchev–Trinajstić information content (AvgIpc) is 2.19. The first-order valence-corrected chi connectivity index (χ1v) is 4.60. The standard InChI is InChI=1S/C9H16O6.H2O/c1-3(2)4(10)8-6(12)5(11)7(13)9(14)15-8;/h5-14H,1-2H3;1H2/t5-,6-,7+,8+,9-;/m0./s1. The molecule has 0 aromatic rings. The molecular weight excluding hydrogens is 220 g/mol. The summed E-state index contributed by atoms with van der Waals surface area (Å²) in [4.78, 5) is 0. The fourth-order valence-corrected chi connectivity index (χ4v) is 1.37. The van der Waals surface area contributed by atoms with E-state index in [1.165, 1.54) is 0 Å². The highest BCUT2D eigenvalue weighted by atomic mass is 16.6. The third-order valence-electron chi connectivity index (χ3n) is 2.37. The number of hydrogen-bond donors (Lipinski definition) is 5. The summed E-state index contributed by atoms with van der Waals surface area (Å²) in [5, 5.41) is 46.7. The second-order valence-corrected chi connectivity index (χ2v) is 3.80. The van der Waals surface area contributed by atoms with Gasteiger partial charge in [0.05, 0.1) is 0 Å². The minimum Gasteiger partial charge on any atom is -0.510 e. The summed E-state index contributed by atoms with van der Waals surface area (Å²) in [5.41, 5.74) is 0.495. The molecule has 7 heteroatoms. The van der Waals surface area contributed by atoms with Crippen molar-refractivity contribution >= 4 is 0 Å². The first kappa shape index (κ1) is 15.3. The zero-order valence-electron chi connectivity index (χ0n) is 9.03. The maximum atomic E-state index is 9.53. The molecule has 7 N–H and O–H groups in total. The molecule has 96 valence electrons. The zero-order valence-corrected chi connectivity index (χ0v) is 9.03. The molecule has 7 nitrogen and oxygen atoms in total. The van der Waals surface area contributed by atoms with E-state index in [2.05, 4.69) is 0 Å². The predicted molar refractivity (Wildman–Crippen MR) is 53.5 cm³/mol. The second-order valence-electron chi connectivity index (χ2n) is 3.80. The highest BCUT2D eigenvalue weighted by Gasteiger charge is 2.44. The quantitative estimate of drug-likeness (QED) is 0.328. The Morgan fingerprint density at radius 3 is 1.88 bits per heavy atom. The molecule has 1 aliphatic heterocycles. The molecule has 5 atom stereocenters. The molecule has 0 bridgehead atoms. The molecule has 0 amide bonds. The highest BCUT2D eigenvalue weighted by Crippen LogP contribution is 2.24. The molecule has 0 aromatic heterocycles. The summed E-state index contributed by atoms with van der Waals surface area (Å²) in [5.74, 6) is -0.257. The van der Waals surface area contributed by atoms with E-state index < -0.39 is 30.7 Å². The molecule has 0 aliphatic carbocycles. The van der Waals surface area contributed by atoms with Crippen molar-refractivity contribution < 1.29 is 35.7 Å². The van der Waals surface area contributed by atoms with Crippen LogP contribution in [-0.2, 0) is 4.74 Å². The Hall–Kier alpha value is -0.700. The van der Waals surface area contributed by atoms with Crippen LogP contribution in [0.5, 0.6) is 0 Å². The van der Waals surface area contributed by atoms with Gasteiger partial charge in [-0.2, -0.15) is 0 Å². The summed E-state index contributed by atoms with van der Waals surface area (Å²) in [7, 11) is 0. The van der Waals surface area contributed by atoms with Crippen LogP contribution in [0.3, 0.4) is 0 Å². The number of rotatable bonds is 1. The van der Waals surface area contributed by atoms with Crippen molar-refractivity contribution in [1.29, 1.82) is 0 Å². The van der Waals surface area contributed by atoms with E-state index in [1.54, 1.807) is 13.8 Å². The molecule has 0 unspecified atom stereocenters. The van der Waals surface area contributed by atoms with Crippen LogP contribution in [0.4, 0.5) is 0 Å². The third kappa shape index (κ3) is 2.70. The van der Waals surface area contributed by atoms with Crippen LogP contribution < -0.4 is 0 Å². The lowest BCUT2D eigenvalue weighted by Gasteiger charge is -2.38. The normalized spacial score (nSPS) is 38.8. The van der Waals surface area contributed by atoms with Crippen LogP contribution in [0, 0.1) is 0 Å². The van der Waals surface area contributed by atoms with Gasteiger partial charge in [-0.1, -0.05) is 0 Å².